The van der Waals surface area contributed by atoms with Crippen LogP contribution < -0.4 is 10.5 Å². The SMILES string of the molecule is CC1(NS(=O)(=O)c2cc(CN)c(Cl)cc2Cl)CCCC1. The zero-order valence-electron chi connectivity index (χ0n) is 11.2. The van der Waals surface area contributed by atoms with E-state index in [1.165, 1.54) is 12.1 Å². The summed E-state index contributed by atoms with van der Waals surface area (Å²) in [6, 6.07) is 2.88. The molecule has 1 saturated carbocycles. The van der Waals surface area contributed by atoms with Crippen LogP contribution in [-0.4, -0.2) is 14.0 Å². The molecule has 3 N–H and O–H groups in total. The normalized spacial score (nSPS) is 18.4. The average Bonchev–Trinajstić information content (AvgIpc) is 2.74. The molecule has 1 aliphatic rings. The van der Waals surface area contributed by atoms with E-state index in [2.05, 4.69) is 4.72 Å². The second-order valence-corrected chi connectivity index (χ2v) is 7.92. The molecule has 0 aromatic heterocycles. The third-order valence-corrected chi connectivity index (χ3v) is 6.15. The molecule has 0 heterocycles. The van der Waals surface area contributed by atoms with E-state index in [0.29, 0.717) is 10.6 Å². The van der Waals surface area contributed by atoms with Crippen molar-refractivity contribution in [3.8, 4) is 0 Å². The van der Waals surface area contributed by atoms with Crippen molar-refractivity contribution in [2.45, 2.75) is 49.6 Å². The first-order valence-electron chi connectivity index (χ1n) is 6.49. The Morgan fingerprint density at radius 3 is 2.40 bits per heavy atom. The molecule has 0 aliphatic heterocycles. The third kappa shape index (κ3) is 3.28. The zero-order valence-corrected chi connectivity index (χ0v) is 13.6. The summed E-state index contributed by atoms with van der Waals surface area (Å²) in [5, 5.41) is 0.491. The zero-order chi connectivity index (χ0) is 15.0. The largest absolute Gasteiger partial charge is 0.326 e. The Bertz CT molecular complexity index is 611. The van der Waals surface area contributed by atoms with Crippen LogP contribution in [-0.2, 0) is 16.6 Å². The number of rotatable bonds is 4. The maximum atomic E-state index is 12.5. The van der Waals surface area contributed by atoms with Gasteiger partial charge in [-0.3, -0.25) is 0 Å². The van der Waals surface area contributed by atoms with Gasteiger partial charge in [-0.15, -0.1) is 0 Å². The second-order valence-electron chi connectivity index (χ2n) is 5.45. The third-order valence-electron chi connectivity index (χ3n) is 3.70. The fraction of sp³-hybridized carbons (Fsp3) is 0.538. The van der Waals surface area contributed by atoms with Crippen LogP contribution in [0.5, 0.6) is 0 Å². The van der Waals surface area contributed by atoms with Crippen molar-refractivity contribution in [1.82, 2.24) is 4.72 Å². The maximum absolute atomic E-state index is 12.5. The predicted octanol–water partition coefficient (Wildman–Crippen LogP) is 3.06. The Balaban J connectivity index is 2.39. The molecule has 20 heavy (non-hydrogen) atoms. The van der Waals surface area contributed by atoms with E-state index in [1.807, 2.05) is 6.92 Å². The van der Waals surface area contributed by atoms with Gasteiger partial charge in [-0.2, -0.15) is 0 Å². The minimum absolute atomic E-state index is 0.0390. The van der Waals surface area contributed by atoms with Gasteiger partial charge >= 0.3 is 0 Å². The molecule has 0 amide bonds. The second kappa shape index (κ2) is 5.81. The maximum Gasteiger partial charge on any atom is 0.242 e. The topological polar surface area (TPSA) is 72.2 Å². The Hall–Kier alpha value is -0.330. The molecule has 0 radical (unpaired) electrons. The lowest BCUT2D eigenvalue weighted by Gasteiger charge is -2.25. The summed E-state index contributed by atoms with van der Waals surface area (Å²) < 4.78 is 27.8. The molecule has 0 unspecified atom stereocenters. The first-order valence-corrected chi connectivity index (χ1v) is 8.73. The molecule has 0 bridgehead atoms. The van der Waals surface area contributed by atoms with E-state index in [-0.39, 0.29) is 16.5 Å². The number of nitrogens with two attached hydrogens (primary N) is 1. The summed E-state index contributed by atoms with van der Waals surface area (Å²) in [7, 11) is -3.68. The van der Waals surface area contributed by atoms with Crippen LogP contribution >= 0.6 is 23.2 Å². The van der Waals surface area contributed by atoms with E-state index in [9.17, 15) is 8.42 Å². The summed E-state index contributed by atoms with van der Waals surface area (Å²) in [5.74, 6) is 0. The Morgan fingerprint density at radius 2 is 1.85 bits per heavy atom. The molecular formula is C13H18Cl2N2O2S. The summed E-state index contributed by atoms with van der Waals surface area (Å²) in [6.45, 7) is 2.08. The Labute approximate surface area is 129 Å². The van der Waals surface area contributed by atoms with Gasteiger partial charge in [0.05, 0.1) is 5.02 Å². The van der Waals surface area contributed by atoms with Gasteiger partial charge < -0.3 is 5.73 Å². The van der Waals surface area contributed by atoms with Gasteiger partial charge in [-0.05, 0) is 37.5 Å². The first-order chi connectivity index (χ1) is 9.27. The molecule has 1 aromatic carbocycles. The van der Waals surface area contributed by atoms with Crippen LogP contribution in [0.15, 0.2) is 17.0 Å². The van der Waals surface area contributed by atoms with Crippen molar-refractivity contribution in [3.63, 3.8) is 0 Å². The number of nitrogens with one attached hydrogen (secondary N) is 1. The summed E-state index contributed by atoms with van der Waals surface area (Å²) >= 11 is 12.0. The highest BCUT2D eigenvalue weighted by atomic mass is 35.5. The molecular weight excluding hydrogens is 319 g/mol. The molecule has 1 aliphatic carbocycles. The highest BCUT2D eigenvalue weighted by Gasteiger charge is 2.34. The number of hydrogen-bond donors (Lipinski definition) is 2. The number of benzene rings is 1. The van der Waals surface area contributed by atoms with Crippen molar-refractivity contribution in [2.24, 2.45) is 5.73 Å². The van der Waals surface area contributed by atoms with Crippen LogP contribution in [0.4, 0.5) is 0 Å². The minimum Gasteiger partial charge on any atom is -0.326 e. The van der Waals surface area contributed by atoms with Gasteiger partial charge in [0.25, 0.3) is 0 Å². The number of hydrogen-bond acceptors (Lipinski definition) is 3. The Kier molecular flexibility index (Phi) is 4.66. The molecule has 0 saturated heterocycles. The van der Waals surface area contributed by atoms with Crippen molar-refractivity contribution >= 4 is 33.2 Å². The Morgan fingerprint density at radius 1 is 1.25 bits per heavy atom. The van der Waals surface area contributed by atoms with Crippen molar-refractivity contribution in [2.75, 3.05) is 0 Å². The van der Waals surface area contributed by atoms with Gasteiger partial charge in [-0.25, -0.2) is 13.1 Å². The molecule has 112 valence electrons. The van der Waals surface area contributed by atoms with Gasteiger partial charge in [0.15, 0.2) is 0 Å². The fourth-order valence-corrected chi connectivity index (χ4v) is 4.91. The number of halogens is 2. The molecule has 2 rings (SSSR count). The van der Waals surface area contributed by atoms with Crippen molar-refractivity contribution in [3.05, 3.63) is 27.7 Å². The van der Waals surface area contributed by atoms with Crippen LogP contribution in [0, 0.1) is 0 Å². The fourth-order valence-electron chi connectivity index (χ4n) is 2.57. The van der Waals surface area contributed by atoms with Gasteiger partial charge in [0, 0.05) is 17.1 Å². The lowest BCUT2D eigenvalue weighted by atomic mass is 10.0. The number of sulfonamides is 1. The highest BCUT2D eigenvalue weighted by Crippen LogP contribution is 2.33. The quantitative estimate of drug-likeness (QED) is 0.887. The van der Waals surface area contributed by atoms with Gasteiger partial charge in [0.1, 0.15) is 4.90 Å². The van der Waals surface area contributed by atoms with Gasteiger partial charge in [-0.1, -0.05) is 36.0 Å². The lowest BCUT2D eigenvalue weighted by molar-refractivity contribution is 0.427. The summed E-state index contributed by atoms with van der Waals surface area (Å²) in [5.41, 5.74) is 5.72. The monoisotopic (exact) mass is 336 g/mol. The molecule has 1 fully saturated rings. The smallest absolute Gasteiger partial charge is 0.242 e. The van der Waals surface area contributed by atoms with E-state index in [0.717, 1.165) is 25.7 Å². The minimum atomic E-state index is -3.68. The van der Waals surface area contributed by atoms with Gasteiger partial charge in [0.2, 0.25) is 10.0 Å². The van der Waals surface area contributed by atoms with E-state index in [4.69, 9.17) is 28.9 Å². The van der Waals surface area contributed by atoms with E-state index < -0.39 is 15.6 Å². The predicted molar refractivity (Wildman–Crippen MR) is 81.5 cm³/mol. The average molecular weight is 337 g/mol. The summed E-state index contributed by atoms with van der Waals surface area (Å²) in [4.78, 5) is 0.0390. The summed E-state index contributed by atoms with van der Waals surface area (Å²) in [6.07, 6.45) is 3.73. The molecule has 1 aromatic rings. The standard InChI is InChI=1S/C13H18Cl2N2O2S/c1-13(4-2-3-5-13)17-20(18,19)12-6-9(8-16)10(14)7-11(12)15/h6-7,17H,2-5,8,16H2,1H3. The molecule has 7 heteroatoms. The first kappa shape index (κ1) is 16.0. The van der Waals surface area contributed by atoms with Crippen molar-refractivity contribution < 1.29 is 8.42 Å². The highest BCUT2D eigenvalue weighted by molar-refractivity contribution is 7.89. The van der Waals surface area contributed by atoms with Crippen molar-refractivity contribution in [1.29, 1.82) is 0 Å². The van der Waals surface area contributed by atoms with Crippen LogP contribution in [0.25, 0.3) is 0 Å². The van der Waals surface area contributed by atoms with E-state index >= 15 is 0 Å². The van der Waals surface area contributed by atoms with Crippen LogP contribution in [0.1, 0.15) is 38.2 Å². The molecule has 0 spiro atoms. The molecule has 0 atom stereocenters. The van der Waals surface area contributed by atoms with Crippen LogP contribution in [0.2, 0.25) is 10.0 Å². The van der Waals surface area contributed by atoms with E-state index in [1.54, 1.807) is 0 Å². The van der Waals surface area contributed by atoms with Crippen LogP contribution in [0.3, 0.4) is 0 Å². The molecule has 4 nitrogen and oxygen atoms in total. The lowest BCUT2D eigenvalue weighted by Crippen LogP contribution is -2.43.